The Morgan fingerprint density at radius 1 is 1.13 bits per heavy atom. The molecule has 1 fully saturated rings. The zero-order chi connectivity index (χ0) is 21.3. The van der Waals surface area contributed by atoms with E-state index in [0.29, 0.717) is 38.1 Å². The monoisotopic (exact) mass is 409 g/mol. The van der Waals surface area contributed by atoms with E-state index >= 15 is 0 Å². The van der Waals surface area contributed by atoms with E-state index in [-0.39, 0.29) is 29.1 Å². The molecule has 0 bridgehead atoms. The number of para-hydroxylation sites is 1. The molecule has 2 aliphatic rings. The number of nitro benzene ring substituents is 1. The molecule has 0 radical (unpaired) electrons. The zero-order valence-electron chi connectivity index (χ0n) is 16.7. The van der Waals surface area contributed by atoms with Crippen LogP contribution < -0.4 is 9.64 Å². The SMILES string of the molecule is COc1ccc(C(=O)N2CCC(N3C(=O)CCc4ccccc43)CC2)c([N+](=O)[O-])c1. The first-order valence-corrected chi connectivity index (χ1v) is 10.0. The molecule has 0 aromatic heterocycles. The quantitative estimate of drug-likeness (QED) is 0.571. The van der Waals surface area contributed by atoms with Crippen molar-refractivity contribution in [1.29, 1.82) is 0 Å². The molecule has 0 aliphatic carbocycles. The second-order valence-corrected chi connectivity index (χ2v) is 7.56. The van der Waals surface area contributed by atoms with Crippen molar-refractivity contribution >= 4 is 23.2 Å². The summed E-state index contributed by atoms with van der Waals surface area (Å²) in [4.78, 5) is 40.0. The zero-order valence-corrected chi connectivity index (χ0v) is 16.7. The maximum Gasteiger partial charge on any atom is 0.285 e. The third kappa shape index (κ3) is 3.60. The van der Waals surface area contributed by atoms with Crippen molar-refractivity contribution in [2.75, 3.05) is 25.1 Å². The molecule has 0 atom stereocenters. The van der Waals surface area contributed by atoms with Gasteiger partial charge in [0.2, 0.25) is 5.91 Å². The van der Waals surface area contributed by atoms with Gasteiger partial charge in [-0.05, 0) is 43.0 Å². The van der Waals surface area contributed by atoms with Gasteiger partial charge in [0, 0.05) is 31.2 Å². The highest BCUT2D eigenvalue weighted by Gasteiger charge is 2.35. The van der Waals surface area contributed by atoms with Gasteiger partial charge in [0.1, 0.15) is 11.3 Å². The predicted molar refractivity (Wildman–Crippen MR) is 111 cm³/mol. The average molecular weight is 409 g/mol. The van der Waals surface area contributed by atoms with E-state index < -0.39 is 4.92 Å². The number of rotatable bonds is 4. The average Bonchev–Trinajstić information content (AvgIpc) is 2.78. The standard InChI is InChI=1S/C22H23N3O5/c1-30-17-7-8-18(20(14-17)25(28)29)22(27)23-12-10-16(11-13-23)24-19-5-3-2-4-15(19)6-9-21(24)26/h2-5,7-8,14,16H,6,9-13H2,1H3. The summed E-state index contributed by atoms with van der Waals surface area (Å²) in [6, 6.07) is 12.2. The molecule has 30 heavy (non-hydrogen) atoms. The molecule has 0 unspecified atom stereocenters. The van der Waals surface area contributed by atoms with Crippen LogP contribution in [-0.4, -0.2) is 47.9 Å². The Morgan fingerprint density at radius 2 is 1.87 bits per heavy atom. The number of fused-ring (bicyclic) bond motifs is 1. The Hall–Kier alpha value is -3.42. The molecule has 156 valence electrons. The summed E-state index contributed by atoms with van der Waals surface area (Å²) in [7, 11) is 1.42. The van der Waals surface area contributed by atoms with Gasteiger partial charge in [-0.25, -0.2) is 0 Å². The highest BCUT2D eigenvalue weighted by Crippen LogP contribution is 2.33. The lowest BCUT2D eigenvalue weighted by Gasteiger charge is -2.41. The number of benzene rings is 2. The Bertz CT molecular complexity index is 998. The fourth-order valence-corrected chi connectivity index (χ4v) is 4.32. The van der Waals surface area contributed by atoms with E-state index in [1.165, 1.54) is 24.8 Å². The maximum absolute atomic E-state index is 13.0. The van der Waals surface area contributed by atoms with Crippen LogP contribution in [0.4, 0.5) is 11.4 Å². The number of ether oxygens (including phenoxy) is 1. The number of nitro groups is 1. The van der Waals surface area contributed by atoms with Crippen molar-refractivity contribution in [3.05, 3.63) is 63.7 Å². The first-order chi connectivity index (χ1) is 14.5. The van der Waals surface area contributed by atoms with Gasteiger partial charge in [-0.2, -0.15) is 0 Å². The number of likely N-dealkylation sites (tertiary alicyclic amines) is 1. The number of aryl methyl sites for hydroxylation is 1. The fourth-order valence-electron chi connectivity index (χ4n) is 4.32. The molecule has 0 N–H and O–H groups in total. The van der Waals surface area contributed by atoms with Crippen LogP contribution >= 0.6 is 0 Å². The van der Waals surface area contributed by atoms with Crippen molar-refractivity contribution in [2.45, 2.75) is 31.7 Å². The van der Waals surface area contributed by atoms with Crippen molar-refractivity contribution < 1.29 is 19.2 Å². The molecule has 0 spiro atoms. The predicted octanol–water partition coefficient (Wildman–Crippen LogP) is 3.19. The number of carbonyl (C=O) groups excluding carboxylic acids is 2. The number of amides is 2. The second-order valence-electron chi connectivity index (χ2n) is 7.56. The number of hydrogen-bond donors (Lipinski definition) is 0. The number of anilines is 1. The summed E-state index contributed by atoms with van der Waals surface area (Å²) in [5.41, 5.74) is 1.93. The Morgan fingerprint density at radius 3 is 2.57 bits per heavy atom. The van der Waals surface area contributed by atoms with Crippen LogP contribution in [0.1, 0.15) is 35.2 Å². The first-order valence-electron chi connectivity index (χ1n) is 10.0. The van der Waals surface area contributed by atoms with Crippen molar-refractivity contribution in [2.24, 2.45) is 0 Å². The molecular weight excluding hydrogens is 386 g/mol. The van der Waals surface area contributed by atoms with Gasteiger partial charge in [0.05, 0.1) is 18.1 Å². The summed E-state index contributed by atoms with van der Waals surface area (Å²) in [6.07, 6.45) is 2.52. The second kappa shape index (κ2) is 8.14. The highest BCUT2D eigenvalue weighted by molar-refractivity contribution is 5.99. The van der Waals surface area contributed by atoms with Crippen molar-refractivity contribution in [3.63, 3.8) is 0 Å². The normalized spacial score (nSPS) is 16.9. The smallest absolute Gasteiger partial charge is 0.285 e. The Kier molecular flexibility index (Phi) is 5.39. The van der Waals surface area contributed by atoms with Gasteiger partial charge in [-0.1, -0.05) is 18.2 Å². The van der Waals surface area contributed by atoms with Gasteiger partial charge in [-0.3, -0.25) is 19.7 Å². The third-order valence-electron chi connectivity index (χ3n) is 5.88. The van der Waals surface area contributed by atoms with E-state index in [2.05, 4.69) is 6.07 Å². The van der Waals surface area contributed by atoms with Crippen LogP contribution in [0.15, 0.2) is 42.5 Å². The lowest BCUT2D eigenvalue weighted by atomic mass is 9.95. The summed E-state index contributed by atoms with van der Waals surface area (Å²) >= 11 is 0. The largest absolute Gasteiger partial charge is 0.497 e. The first kappa shape index (κ1) is 19.9. The molecule has 4 rings (SSSR count). The number of piperidine rings is 1. The number of nitrogens with zero attached hydrogens (tertiary/aromatic N) is 3. The summed E-state index contributed by atoms with van der Waals surface area (Å²) < 4.78 is 5.04. The third-order valence-corrected chi connectivity index (χ3v) is 5.88. The Labute approximate surface area is 174 Å². The van der Waals surface area contributed by atoms with E-state index in [9.17, 15) is 19.7 Å². The van der Waals surface area contributed by atoms with Gasteiger partial charge in [0.15, 0.2) is 0 Å². The fraction of sp³-hybridized carbons (Fsp3) is 0.364. The van der Waals surface area contributed by atoms with Gasteiger partial charge in [-0.15, -0.1) is 0 Å². The topological polar surface area (TPSA) is 93.0 Å². The number of hydrogen-bond acceptors (Lipinski definition) is 5. The van der Waals surface area contributed by atoms with E-state index in [0.717, 1.165) is 12.1 Å². The molecule has 2 heterocycles. The maximum atomic E-state index is 13.0. The minimum atomic E-state index is -0.564. The van der Waals surface area contributed by atoms with E-state index in [4.69, 9.17) is 4.74 Å². The van der Waals surface area contributed by atoms with Crippen molar-refractivity contribution in [1.82, 2.24) is 4.90 Å². The van der Waals surface area contributed by atoms with Crippen LogP contribution in [-0.2, 0) is 11.2 Å². The molecule has 2 aromatic rings. The van der Waals surface area contributed by atoms with Crippen LogP contribution in [0.5, 0.6) is 5.75 Å². The highest BCUT2D eigenvalue weighted by atomic mass is 16.6. The number of methoxy groups -OCH3 is 1. The summed E-state index contributed by atoms with van der Waals surface area (Å²) in [6.45, 7) is 0.886. The van der Waals surface area contributed by atoms with Gasteiger partial charge in [0.25, 0.3) is 11.6 Å². The van der Waals surface area contributed by atoms with Gasteiger partial charge < -0.3 is 14.5 Å². The number of carbonyl (C=O) groups is 2. The van der Waals surface area contributed by atoms with Crippen LogP contribution in [0.3, 0.4) is 0 Å². The minimum absolute atomic E-state index is 0.0221. The summed E-state index contributed by atoms with van der Waals surface area (Å²) in [5, 5.41) is 11.4. The van der Waals surface area contributed by atoms with Crippen LogP contribution in [0.25, 0.3) is 0 Å². The Balaban J connectivity index is 1.50. The van der Waals surface area contributed by atoms with Crippen LogP contribution in [0.2, 0.25) is 0 Å². The molecule has 0 saturated carbocycles. The minimum Gasteiger partial charge on any atom is -0.497 e. The molecule has 2 aliphatic heterocycles. The lowest BCUT2D eigenvalue weighted by molar-refractivity contribution is -0.385. The van der Waals surface area contributed by atoms with Gasteiger partial charge >= 0.3 is 0 Å². The van der Waals surface area contributed by atoms with E-state index in [1.54, 1.807) is 11.0 Å². The van der Waals surface area contributed by atoms with Crippen molar-refractivity contribution in [3.8, 4) is 5.75 Å². The molecule has 2 aromatic carbocycles. The molecular formula is C22H23N3O5. The lowest BCUT2D eigenvalue weighted by Crippen LogP contribution is -2.50. The van der Waals surface area contributed by atoms with E-state index in [1.807, 2.05) is 23.1 Å². The molecule has 8 heteroatoms. The summed E-state index contributed by atoms with van der Waals surface area (Å²) in [5.74, 6) is 0.0803. The molecule has 2 amide bonds. The molecule has 1 saturated heterocycles. The van der Waals surface area contributed by atoms with Crippen LogP contribution in [0, 0.1) is 10.1 Å². The molecule has 8 nitrogen and oxygen atoms in total.